The minimum absolute atomic E-state index is 1.04. The van der Waals surface area contributed by atoms with Crippen LogP contribution in [0, 0.1) is 0 Å². The maximum absolute atomic E-state index is 4.02. The molecule has 0 aliphatic heterocycles. The number of hydrogen-bond donors (Lipinski definition) is 0. The molecule has 2 heterocycles. The van der Waals surface area contributed by atoms with Crippen molar-refractivity contribution in [3.05, 3.63) is 117 Å². The third kappa shape index (κ3) is 6.25. The van der Waals surface area contributed by atoms with Crippen LogP contribution in [0.15, 0.2) is 94.4 Å². The van der Waals surface area contributed by atoms with Crippen molar-refractivity contribution in [1.29, 1.82) is 0 Å². The minimum atomic E-state index is 1.04. The molecule has 0 fully saturated rings. The highest BCUT2D eigenvalue weighted by Crippen LogP contribution is 2.28. The highest BCUT2D eigenvalue weighted by molar-refractivity contribution is 9.11. The predicted octanol–water partition coefficient (Wildman–Crippen LogP) is 7.45. The molecule has 1 aromatic carbocycles. The molecule has 0 N–H and O–H groups in total. The van der Waals surface area contributed by atoms with Crippen molar-refractivity contribution in [3.8, 4) is 0 Å². The van der Waals surface area contributed by atoms with Crippen molar-refractivity contribution < 1.29 is 0 Å². The molecule has 0 radical (unpaired) electrons. The quantitative estimate of drug-likeness (QED) is 0.333. The van der Waals surface area contributed by atoms with E-state index in [1.807, 2.05) is 60.7 Å². The van der Waals surface area contributed by atoms with Gasteiger partial charge in [-0.05, 0) is 58.7 Å². The molecule has 0 aliphatic rings. The topological polar surface area (TPSA) is 25.8 Å². The smallest absolute Gasteiger partial charge is 0.0273 e. The molecule has 138 valence electrons. The second-order valence-corrected chi connectivity index (χ2v) is 7.60. The molecule has 3 rings (SSSR count). The molecular formula is C24H18Br2N2. The Kier molecular flexibility index (Phi) is 7.71. The number of pyridine rings is 2. The third-order valence-corrected chi connectivity index (χ3v) is 5.25. The molecule has 0 aliphatic carbocycles. The molecule has 0 saturated carbocycles. The molecule has 2 aromatic heterocycles. The molecule has 3 aromatic rings. The fourth-order valence-electron chi connectivity index (χ4n) is 2.43. The molecule has 0 bridgehead atoms. The summed E-state index contributed by atoms with van der Waals surface area (Å²) in [7, 11) is 0. The van der Waals surface area contributed by atoms with Crippen molar-refractivity contribution in [2.75, 3.05) is 0 Å². The van der Waals surface area contributed by atoms with E-state index in [4.69, 9.17) is 0 Å². The lowest BCUT2D eigenvalue weighted by Gasteiger charge is -2.04. The molecule has 4 heteroatoms. The molecule has 0 atom stereocenters. The van der Waals surface area contributed by atoms with Crippen molar-refractivity contribution in [1.82, 2.24) is 9.97 Å². The summed E-state index contributed by atoms with van der Waals surface area (Å²) in [5.41, 5.74) is 4.46. The number of rotatable bonds is 6. The SMILES string of the molecule is Brc1cc(/C=C/C=C/c2ccncc2)c(Br)cc1/C=C/C=C/c1ccncc1. The van der Waals surface area contributed by atoms with Crippen LogP contribution in [-0.4, -0.2) is 9.97 Å². The number of benzene rings is 1. The summed E-state index contributed by atoms with van der Waals surface area (Å²) in [4.78, 5) is 8.03. The van der Waals surface area contributed by atoms with E-state index in [-0.39, 0.29) is 0 Å². The second-order valence-electron chi connectivity index (χ2n) is 5.89. The van der Waals surface area contributed by atoms with E-state index < -0.39 is 0 Å². The molecule has 28 heavy (non-hydrogen) atoms. The van der Waals surface area contributed by atoms with Crippen molar-refractivity contribution in [3.63, 3.8) is 0 Å². The summed E-state index contributed by atoms with van der Waals surface area (Å²) >= 11 is 7.32. The van der Waals surface area contributed by atoms with E-state index >= 15 is 0 Å². The number of hydrogen-bond acceptors (Lipinski definition) is 2. The third-order valence-electron chi connectivity index (χ3n) is 3.88. The van der Waals surface area contributed by atoms with Crippen molar-refractivity contribution in [2.45, 2.75) is 0 Å². The van der Waals surface area contributed by atoms with Gasteiger partial charge in [0.15, 0.2) is 0 Å². The Morgan fingerprint density at radius 3 is 1.29 bits per heavy atom. The lowest BCUT2D eigenvalue weighted by molar-refractivity contribution is 1.32. The first kappa shape index (κ1) is 20.2. The van der Waals surface area contributed by atoms with Crippen molar-refractivity contribution >= 4 is 56.2 Å². The van der Waals surface area contributed by atoms with Crippen LogP contribution in [0.4, 0.5) is 0 Å². The number of aromatic nitrogens is 2. The fraction of sp³-hybridized carbons (Fsp3) is 0. The fourth-order valence-corrected chi connectivity index (χ4v) is 3.42. The highest BCUT2D eigenvalue weighted by atomic mass is 79.9. The van der Waals surface area contributed by atoms with E-state index in [0.29, 0.717) is 0 Å². The second kappa shape index (κ2) is 10.7. The van der Waals surface area contributed by atoms with Crippen LogP contribution >= 0.6 is 31.9 Å². The predicted molar refractivity (Wildman–Crippen MR) is 126 cm³/mol. The van der Waals surface area contributed by atoms with E-state index in [2.05, 4.69) is 66.1 Å². The summed E-state index contributed by atoms with van der Waals surface area (Å²) in [5, 5.41) is 0. The Morgan fingerprint density at radius 1 is 0.536 bits per heavy atom. The molecule has 2 nitrogen and oxygen atoms in total. The van der Waals surface area contributed by atoms with Crippen molar-refractivity contribution in [2.24, 2.45) is 0 Å². The van der Waals surface area contributed by atoms with Gasteiger partial charge in [0.1, 0.15) is 0 Å². The van der Waals surface area contributed by atoms with E-state index in [1.165, 1.54) is 0 Å². The van der Waals surface area contributed by atoms with E-state index in [0.717, 1.165) is 31.2 Å². The van der Waals surface area contributed by atoms with Gasteiger partial charge >= 0.3 is 0 Å². The first-order valence-corrected chi connectivity index (χ1v) is 10.3. The first-order valence-electron chi connectivity index (χ1n) is 8.71. The lowest BCUT2D eigenvalue weighted by Crippen LogP contribution is -1.81. The number of halogens is 2. The van der Waals surface area contributed by atoms with Crippen LogP contribution in [0.2, 0.25) is 0 Å². The van der Waals surface area contributed by atoms with E-state index in [9.17, 15) is 0 Å². The minimum Gasteiger partial charge on any atom is -0.265 e. The van der Waals surface area contributed by atoms with Gasteiger partial charge in [0.25, 0.3) is 0 Å². The lowest BCUT2D eigenvalue weighted by atomic mass is 10.1. The first-order chi connectivity index (χ1) is 13.7. The molecule has 0 amide bonds. The zero-order valence-electron chi connectivity index (χ0n) is 15.0. The number of allylic oxidation sites excluding steroid dienone is 4. The van der Waals surface area contributed by atoms with Gasteiger partial charge in [-0.2, -0.15) is 0 Å². The molecule has 0 unspecified atom stereocenters. The zero-order valence-corrected chi connectivity index (χ0v) is 18.2. The Hall–Kier alpha value is -2.56. The van der Waals surface area contributed by atoms with Gasteiger partial charge in [0, 0.05) is 33.7 Å². The maximum Gasteiger partial charge on any atom is 0.0273 e. The van der Waals surface area contributed by atoms with Gasteiger partial charge in [0.05, 0.1) is 0 Å². The van der Waals surface area contributed by atoms with Gasteiger partial charge in [-0.15, -0.1) is 0 Å². The summed E-state index contributed by atoms with van der Waals surface area (Å²) in [6.45, 7) is 0. The Morgan fingerprint density at radius 2 is 0.893 bits per heavy atom. The van der Waals surface area contributed by atoms with Crippen LogP contribution in [0.25, 0.3) is 24.3 Å². The van der Waals surface area contributed by atoms with Crippen LogP contribution in [0.1, 0.15) is 22.3 Å². The van der Waals surface area contributed by atoms with Gasteiger partial charge < -0.3 is 0 Å². The molecular weight excluding hydrogens is 476 g/mol. The largest absolute Gasteiger partial charge is 0.265 e. The zero-order chi connectivity index (χ0) is 19.6. The van der Waals surface area contributed by atoms with Crippen LogP contribution in [0.3, 0.4) is 0 Å². The summed E-state index contributed by atoms with van der Waals surface area (Å²) in [6, 6.07) is 12.1. The average molecular weight is 494 g/mol. The Labute approximate surface area is 182 Å². The summed E-state index contributed by atoms with van der Waals surface area (Å²) < 4.78 is 2.09. The van der Waals surface area contributed by atoms with Crippen LogP contribution < -0.4 is 0 Å². The monoisotopic (exact) mass is 492 g/mol. The summed E-state index contributed by atoms with van der Waals surface area (Å²) in [6.07, 6.45) is 23.5. The van der Waals surface area contributed by atoms with Gasteiger partial charge in [-0.25, -0.2) is 0 Å². The summed E-state index contributed by atoms with van der Waals surface area (Å²) in [5.74, 6) is 0. The average Bonchev–Trinajstić information content (AvgIpc) is 2.73. The highest BCUT2D eigenvalue weighted by Gasteiger charge is 2.02. The van der Waals surface area contributed by atoms with Gasteiger partial charge in [-0.1, -0.05) is 80.5 Å². The van der Waals surface area contributed by atoms with Crippen LogP contribution in [0.5, 0.6) is 0 Å². The van der Waals surface area contributed by atoms with Gasteiger partial charge in [0.2, 0.25) is 0 Å². The number of nitrogens with zero attached hydrogens (tertiary/aromatic N) is 2. The molecule has 0 spiro atoms. The Bertz CT molecular complexity index is 936. The maximum atomic E-state index is 4.02. The van der Waals surface area contributed by atoms with Gasteiger partial charge in [-0.3, -0.25) is 9.97 Å². The molecule has 0 saturated heterocycles. The normalized spacial score (nSPS) is 12.1. The van der Waals surface area contributed by atoms with E-state index in [1.54, 1.807) is 24.8 Å². The van der Waals surface area contributed by atoms with Crippen LogP contribution in [-0.2, 0) is 0 Å². The standard InChI is InChI=1S/C24H18Br2N2/c25-23-18-22(8-4-2-6-20-11-15-28-16-12-20)24(26)17-21(23)7-3-1-5-19-9-13-27-14-10-19/h1-18H/b5-1+,6-2+,7-3+,8-4+. The Balaban J connectivity index is 1.67.